The van der Waals surface area contributed by atoms with E-state index in [1.54, 1.807) is 6.20 Å². The number of aromatic nitrogens is 1. The van der Waals surface area contributed by atoms with Crippen molar-refractivity contribution in [3.63, 3.8) is 0 Å². The second kappa shape index (κ2) is 2.82. The van der Waals surface area contributed by atoms with Crippen molar-refractivity contribution in [3.8, 4) is 0 Å². The second-order valence-electron chi connectivity index (χ2n) is 1.14. The Balaban J connectivity index is 2.97. The number of rotatable bonds is 1. The van der Waals surface area contributed by atoms with Crippen molar-refractivity contribution in [2.45, 2.75) is 0 Å². The summed E-state index contributed by atoms with van der Waals surface area (Å²) in [5.74, 6) is 0. The summed E-state index contributed by atoms with van der Waals surface area (Å²) >= 11 is 4.47. The van der Waals surface area contributed by atoms with Crippen LogP contribution < -0.4 is 0 Å². The van der Waals surface area contributed by atoms with Crippen LogP contribution in [-0.2, 0) is 0 Å². The minimum absolute atomic E-state index is 0.435. The van der Waals surface area contributed by atoms with Gasteiger partial charge in [-0.25, -0.2) is 4.98 Å². The summed E-state index contributed by atoms with van der Waals surface area (Å²) in [5, 5.41) is 3.72. The van der Waals surface area contributed by atoms with Crippen molar-refractivity contribution >= 4 is 32.4 Å². The zero-order valence-corrected chi connectivity index (χ0v) is 6.55. The summed E-state index contributed by atoms with van der Waals surface area (Å²) in [6.45, 7) is 0. The maximum Gasteiger partial charge on any atom is 0.180 e. The minimum Gasteiger partial charge on any atom is -0.242 e. The lowest BCUT2D eigenvalue weighted by Gasteiger charge is -1.69. The molecule has 46 valence electrons. The molecule has 0 radical (unpaired) electrons. The van der Waals surface area contributed by atoms with Crippen LogP contribution in [0.15, 0.2) is 15.1 Å². The molecule has 0 saturated heterocycles. The smallest absolute Gasteiger partial charge is 0.180 e. The Morgan fingerprint density at radius 3 is 3.11 bits per heavy atom. The molecule has 0 atom stereocenters. The van der Waals surface area contributed by atoms with Gasteiger partial charge in [0, 0.05) is 4.91 Å². The van der Waals surface area contributed by atoms with Crippen LogP contribution in [0.4, 0.5) is 5.13 Å². The highest BCUT2D eigenvalue weighted by atomic mass is 79.9. The molecule has 4 nitrogen and oxygen atoms in total. The van der Waals surface area contributed by atoms with Crippen molar-refractivity contribution in [3.05, 3.63) is 20.4 Å². The van der Waals surface area contributed by atoms with Crippen LogP contribution in [0.5, 0.6) is 0 Å². The van der Waals surface area contributed by atoms with Gasteiger partial charge < -0.3 is 0 Å². The predicted octanol–water partition coefficient (Wildman–Crippen LogP) is 2.85. The Kier molecular flexibility index (Phi) is 2.05. The zero-order chi connectivity index (χ0) is 6.69. The highest BCUT2D eigenvalue weighted by Gasteiger charge is 1.92. The van der Waals surface area contributed by atoms with E-state index in [4.69, 9.17) is 5.53 Å². The Morgan fingerprint density at radius 2 is 2.67 bits per heavy atom. The summed E-state index contributed by atoms with van der Waals surface area (Å²) in [7, 11) is 0. The summed E-state index contributed by atoms with van der Waals surface area (Å²) in [5.41, 5.74) is 7.94. The average molecular weight is 205 g/mol. The summed E-state index contributed by atoms with van der Waals surface area (Å²) in [6, 6.07) is 0. The molecule has 0 aliphatic rings. The van der Waals surface area contributed by atoms with E-state index in [9.17, 15) is 0 Å². The first kappa shape index (κ1) is 6.54. The van der Waals surface area contributed by atoms with Gasteiger partial charge in [0.05, 0.1) is 9.98 Å². The molecule has 0 bridgehead atoms. The molecule has 1 aromatic heterocycles. The van der Waals surface area contributed by atoms with E-state index < -0.39 is 0 Å². The molecule has 0 saturated carbocycles. The van der Waals surface area contributed by atoms with Gasteiger partial charge in [-0.3, -0.25) is 0 Å². The van der Waals surface area contributed by atoms with Crippen molar-refractivity contribution in [2.75, 3.05) is 0 Å². The van der Waals surface area contributed by atoms with E-state index in [1.807, 2.05) is 0 Å². The largest absolute Gasteiger partial charge is 0.242 e. The first-order chi connectivity index (χ1) is 4.33. The van der Waals surface area contributed by atoms with Crippen molar-refractivity contribution in [1.29, 1.82) is 0 Å². The van der Waals surface area contributed by atoms with Crippen LogP contribution in [-0.4, -0.2) is 4.98 Å². The van der Waals surface area contributed by atoms with Crippen LogP contribution in [0.3, 0.4) is 0 Å². The third-order valence-corrected chi connectivity index (χ3v) is 1.96. The lowest BCUT2D eigenvalue weighted by molar-refractivity contribution is 1.34. The third-order valence-electron chi connectivity index (χ3n) is 0.596. The lowest BCUT2D eigenvalue weighted by atomic mass is 11.0. The molecule has 0 N–H and O–H groups in total. The lowest BCUT2D eigenvalue weighted by Crippen LogP contribution is -1.50. The van der Waals surface area contributed by atoms with Gasteiger partial charge in [-0.1, -0.05) is 0 Å². The number of thiazole rings is 1. The van der Waals surface area contributed by atoms with Gasteiger partial charge in [-0.15, -0.1) is 11.3 Å². The Morgan fingerprint density at radius 1 is 1.89 bits per heavy atom. The Labute approximate surface area is 63.3 Å². The van der Waals surface area contributed by atoms with Crippen LogP contribution in [0, 0.1) is 0 Å². The highest BCUT2D eigenvalue weighted by molar-refractivity contribution is 9.11. The van der Waals surface area contributed by atoms with Crippen LogP contribution >= 0.6 is 27.3 Å². The molecule has 0 unspecified atom stereocenters. The van der Waals surface area contributed by atoms with E-state index in [0.717, 1.165) is 3.79 Å². The fourth-order valence-electron chi connectivity index (χ4n) is 0.330. The molecule has 1 rings (SSSR count). The first-order valence-corrected chi connectivity index (χ1v) is 3.60. The van der Waals surface area contributed by atoms with Gasteiger partial charge >= 0.3 is 0 Å². The highest BCUT2D eigenvalue weighted by Crippen LogP contribution is 2.25. The van der Waals surface area contributed by atoms with E-state index in [1.165, 1.54) is 11.3 Å². The molecule has 1 heterocycles. The van der Waals surface area contributed by atoms with Crippen LogP contribution in [0.2, 0.25) is 0 Å². The maximum atomic E-state index is 7.94. The van der Waals surface area contributed by atoms with E-state index in [2.05, 4.69) is 30.9 Å². The molecule has 0 amide bonds. The molecule has 0 aliphatic carbocycles. The molecular weight excluding hydrogens is 204 g/mol. The van der Waals surface area contributed by atoms with Gasteiger partial charge in [0.25, 0.3) is 0 Å². The van der Waals surface area contributed by atoms with Gasteiger partial charge in [-0.05, 0) is 26.6 Å². The number of halogens is 1. The number of nitrogens with zero attached hydrogens (tertiary/aromatic N) is 4. The van der Waals surface area contributed by atoms with E-state index in [-0.39, 0.29) is 0 Å². The Bertz CT molecular complexity index is 250. The van der Waals surface area contributed by atoms with Gasteiger partial charge in [0.1, 0.15) is 0 Å². The van der Waals surface area contributed by atoms with Crippen LogP contribution in [0.1, 0.15) is 0 Å². The SMILES string of the molecule is [N-]=[N+]=Nc1ncc(Br)s1. The van der Waals surface area contributed by atoms with Gasteiger partial charge in [-0.2, -0.15) is 0 Å². The molecule has 6 heteroatoms. The summed E-state index contributed by atoms with van der Waals surface area (Å²) in [4.78, 5) is 6.33. The molecule has 0 aliphatic heterocycles. The summed E-state index contributed by atoms with van der Waals surface area (Å²) < 4.78 is 0.866. The predicted molar refractivity (Wildman–Crippen MR) is 38.6 cm³/mol. The molecule has 0 fully saturated rings. The van der Waals surface area contributed by atoms with Gasteiger partial charge in [0.2, 0.25) is 0 Å². The van der Waals surface area contributed by atoms with E-state index in [0.29, 0.717) is 5.13 Å². The normalized spacial score (nSPS) is 8.56. The minimum atomic E-state index is 0.435. The standard InChI is InChI=1S/C3HBrN4S/c4-2-1-6-3(9-2)7-8-5/h1H. The van der Waals surface area contributed by atoms with Crippen LogP contribution in [0.25, 0.3) is 10.4 Å². The molecule has 1 aromatic rings. The first-order valence-electron chi connectivity index (χ1n) is 1.99. The fraction of sp³-hybridized carbons (Fsp3) is 0. The fourth-order valence-corrected chi connectivity index (χ4v) is 1.33. The van der Waals surface area contributed by atoms with Crippen molar-refractivity contribution < 1.29 is 0 Å². The molecular formula is C3HBrN4S. The third kappa shape index (κ3) is 1.67. The second-order valence-corrected chi connectivity index (χ2v) is 3.52. The topological polar surface area (TPSA) is 61.7 Å². The molecule has 0 aromatic carbocycles. The monoisotopic (exact) mass is 204 g/mol. The zero-order valence-electron chi connectivity index (χ0n) is 4.15. The van der Waals surface area contributed by atoms with E-state index >= 15 is 0 Å². The Hall–Kier alpha value is -0.580. The number of azide groups is 1. The average Bonchev–Trinajstić information content (AvgIpc) is 2.17. The number of hydrogen-bond donors (Lipinski definition) is 0. The maximum absolute atomic E-state index is 7.94. The van der Waals surface area contributed by atoms with Crippen molar-refractivity contribution in [2.24, 2.45) is 5.11 Å². The quantitative estimate of drug-likeness (QED) is 0.395. The van der Waals surface area contributed by atoms with Crippen molar-refractivity contribution in [1.82, 2.24) is 4.98 Å². The number of hydrogen-bond acceptors (Lipinski definition) is 3. The molecule has 0 spiro atoms. The molecule has 9 heavy (non-hydrogen) atoms. The summed E-state index contributed by atoms with van der Waals surface area (Å²) in [6.07, 6.45) is 1.59. The van der Waals surface area contributed by atoms with Gasteiger partial charge in [0.15, 0.2) is 5.13 Å².